The molecule has 2 aromatic rings. The fourth-order valence-electron chi connectivity index (χ4n) is 2.74. The van der Waals surface area contributed by atoms with Gasteiger partial charge in [-0.05, 0) is 48.7 Å². The van der Waals surface area contributed by atoms with Crippen molar-refractivity contribution >= 4 is 58.2 Å². The Bertz CT molecular complexity index is 889. The Morgan fingerprint density at radius 2 is 1.52 bits per heavy atom. The van der Waals surface area contributed by atoms with Crippen molar-refractivity contribution in [3.8, 4) is 0 Å². The van der Waals surface area contributed by atoms with E-state index in [4.69, 9.17) is 46.4 Å². The third-order valence-corrected chi connectivity index (χ3v) is 5.60. The predicted octanol–water partition coefficient (Wildman–Crippen LogP) is 5.79. The van der Waals surface area contributed by atoms with Gasteiger partial charge in [-0.1, -0.05) is 65.5 Å². The Hall–Kier alpha value is -1.46. The third-order valence-electron chi connectivity index (χ3n) is 4.43. The van der Waals surface area contributed by atoms with E-state index in [1.165, 1.54) is 4.90 Å². The van der Waals surface area contributed by atoms with Crippen molar-refractivity contribution in [1.29, 1.82) is 0 Å². The van der Waals surface area contributed by atoms with E-state index >= 15 is 0 Å². The highest BCUT2D eigenvalue weighted by molar-refractivity contribution is 6.35. The van der Waals surface area contributed by atoms with E-state index in [0.717, 1.165) is 6.42 Å². The third kappa shape index (κ3) is 6.78. The molecule has 0 saturated carbocycles. The molecular weight excluding hydrogens is 454 g/mol. The van der Waals surface area contributed by atoms with Crippen molar-refractivity contribution in [1.82, 2.24) is 10.2 Å². The molecule has 0 bridgehead atoms. The minimum Gasteiger partial charge on any atom is -0.354 e. The van der Waals surface area contributed by atoms with Gasteiger partial charge in [0.15, 0.2) is 0 Å². The van der Waals surface area contributed by atoms with Crippen LogP contribution in [0.2, 0.25) is 20.1 Å². The molecule has 4 nitrogen and oxygen atoms in total. The van der Waals surface area contributed by atoms with Crippen LogP contribution in [0, 0.1) is 0 Å². The zero-order valence-electron chi connectivity index (χ0n) is 16.1. The number of benzene rings is 2. The molecular formula is C21H22Cl4N2O2. The van der Waals surface area contributed by atoms with Crippen LogP contribution in [-0.2, 0) is 22.6 Å². The molecule has 0 unspecified atom stereocenters. The molecule has 0 fully saturated rings. The number of nitrogens with zero attached hydrogens (tertiary/aromatic N) is 1. The Labute approximate surface area is 191 Å². The number of hydrogen-bond acceptors (Lipinski definition) is 2. The molecule has 2 rings (SSSR count). The molecule has 0 aromatic heterocycles. The summed E-state index contributed by atoms with van der Waals surface area (Å²) in [6, 6.07) is 9.33. The summed E-state index contributed by atoms with van der Waals surface area (Å²) in [6.45, 7) is 4.36. The van der Waals surface area contributed by atoms with Crippen molar-refractivity contribution in [2.45, 2.75) is 39.3 Å². The first-order chi connectivity index (χ1) is 13.7. The summed E-state index contributed by atoms with van der Waals surface area (Å²) >= 11 is 24.4. The van der Waals surface area contributed by atoms with Gasteiger partial charge in [0.05, 0.1) is 6.42 Å². The van der Waals surface area contributed by atoms with Crippen LogP contribution in [0.3, 0.4) is 0 Å². The number of carbonyl (C=O) groups is 2. The number of amides is 2. The zero-order chi connectivity index (χ0) is 21.6. The summed E-state index contributed by atoms with van der Waals surface area (Å²) in [5.74, 6) is -0.480. The first-order valence-electron chi connectivity index (χ1n) is 9.18. The quantitative estimate of drug-likeness (QED) is 0.525. The smallest absolute Gasteiger partial charge is 0.242 e. The molecule has 2 aromatic carbocycles. The molecule has 0 saturated heterocycles. The van der Waals surface area contributed by atoms with Crippen molar-refractivity contribution in [3.05, 3.63) is 67.6 Å². The van der Waals surface area contributed by atoms with Crippen LogP contribution in [0.5, 0.6) is 0 Å². The van der Waals surface area contributed by atoms with Crippen LogP contribution in [0.15, 0.2) is 36.4 Å². The lowest BCUT2D eigenvalue weighted by Gasteiger charge is -2.29. The zero-order valence-corrected chi connectivity index (χ0v) is 19.2. The van der Waals surface area contributed by atoms with Crippen molar-refractivity contribution in [3.63, 3.8) is 0 Å². The minimum absolute atomic E-state index is 0.0343. The lowest BCUT2D eigenvalue weighted by Crippen LogP contribution is -2.48. The summed E-state index contributed by atoms with van der Waals surface area (Å²) < 4.78 is 0. The molecule has 0 aliphatic rings. The van der Waals surface area contributed by atoms with E-state index in [9.17, 15) is 9.59 Å². The van der Waals surface area contributed by atoms with Crippen LogP contribution < -0.4 is 5.32 Å². The van der Waals surface area contributed by atoms with Gasteiger partial charge in [0.25, 0.3) is 0 Å². The second-order valence-electron chi connectivity index (χ2n) is 6.64. The van der Waals surface area contributed by atoms with Gasteiger partial charge >= 0.3 is 0 Å². The van der Waals surface area contributed by atoms with Crippen LogP contribution >= 0.6 is 46.4 Å². The number of halogens is 4. The number of rotatable bonds is 8. The average Bonchev–Trinajstić information content (AvgIpc) is 2.67. The normalized spacial score (nSPS) is 11.8. The fraction of sp³-hybridized carbons (Fsp3) is 0.333. The Kier molecular flexibility index (Phi) is 9.09. The Morgan fingerprint density at radius 3 is 2.03 bits per heavy atom. The molecule has 2 amide bonds. The van der Waals surface area contributed by atoms with E-state index in [1.54, 1.807) is 43.3 Å². The van der Waals surface area contributed by atoms with Gasteiger partial charge in [0, 0.05) is 33.2 Å². The fourth-order valence-corrected chi connectivity index (χ4v) is 3.69. The van der Waals surface area contributed by atoms with E-state index in [0.29, 0.717) is 37.8 Å². The lowest BCUT2D eigenvalue weighted by atomic mass is 10.1. The van der Waals surface area contributed by atoms with Gasteiger partial charge in [-0.25, -0.2) is 0 Å². The summed E-state index contributed by atoms with van der Waals surface area (Å²) in [5, 5.41) is 4.65. The standard InChI is InChI=1S/C21H22Cl4N2O2/c1-3-8-26-21(29)13(2)27(12-15-5-7-17(23)11-19(15)25)20(28)9-14-4-6-16(22)10-18(14)24/h4-7,10-11,13H,3,8-9,12H2,1-2H3,(H,26,29)/t13-/m0/s1. The maximum absolute atomic E-state index is 13.1. The minimum atomic E-state index is -0.688. The summed E-state index contributed by atoms with van der Waals surface area (Å²) in [7, 11) is 0. The van der Waals surface area contributed by atoms with Crippen LogP contribution in [0.1, 0.15) is 31.4 Å². The van der Waals surface area contributed by atoms with Crippen molar-refractivity contribution in [2.24, 2.45) is 0 Å². The topological polar surface area (TPSA) is 49.4 Å². The monoisotopic (exact) mass is 474 g/mol. The second-order valence-corrected chi connectivity index (χ2v) is 8.32. The Morgan fingerprint density at radius 1 is 0.966 bits per heavy atom. The summed E-state index contributed by atoms with van der Waals surface area (Å²) in [6.07, 6.45) is 0.836. The average molecular weight is 476 g/mol. The second kappa shape index (κ2) is 11.1. The van der Waals surface area contributed by atoms with Gasteiger partial charge < -0.3 is 10.2 Å². The number of nitrogens with one attached hydrogen (secondary N) is 1. The highest BCUT2D eigenvalue weighted by atomic mass is 35.5. The van der Waals surface area contributed by atoms with Crippen LogP contribution in [0.4, 0.5) is 0 Å². The maximum Gasteiger partial charge on any atom is 0.242 e. The van der Waals surface area contributed by atoms with E-state index in [1.807, 2.05) is 6.92 Å². The number of carbonyl (C=O) groups excluding carboxylic acids is 2. The van der Waals surface area contributed by atoms with Crippen molar-refractivity contribution < 1.29 is 9.59 Å². The molecule has 0 aliphatic heterocycles. The van der Waals surface area contributed by atoms with E-state index < -0.39 is 6.04 Å². The Balaban J connectivity index is 2.29. The first kappa shape index (κ1) is 23.8. The van der Waals surface area contributed by atoms with Gasteiger partial charge in [-0.15, -0.1) is 0 Å². The highest BCUT2D eigenvalue weighted by Crippen LogP contribution is 2.25. The molecule has 0 spiro atoms. The molecule has 156 valence electrons. The molecule has 29 heavy (non-hydrogen) atoms. The van der Waals surface area contributed by atoms with Crippen molar-refractivity contribution in [2.75, 3.05) is 6.54 Å². The largest absolute Gasteiger partial charge is 0.354 e. The maximum atomic E-state index is 13.1. The van der Waals surface area contributed by atoms with E-state index in [2.05, 4.69) is 5.32 Å². The van der Waals surface area contributed by atoms with Gasteiger partial charge in [0.2, 0.25) is 11.8 Å². The number of hydrogen-bond donors (Lipinski definition) is 1. The molecule has 0 radical (unpaired) electrons. The SMILES string of the molecule is CCCNC(=O)[C@H](C)N(Cc1ccc(Cl)cc1Cl)C(=O)Cc1ccc(Cl)cc1Cl. The molecule has 1 atom stereocenters. The molecule has 0 aliphatic carbocycles. The summed E-state index contributed by atoms with van der Waals surface area (Å²) in [4.78, 5) is 27.2. The summed E-state index contributed by atoms with van der Waals surface area (Å²) in [5.41, 5.74) is 1.33. The first-order valence-corrected chi connectivity index (χ1v) is 10.7. The van der Waals surface area contributed by atoms with E-state index in [-0.39, 0.29) is 24.8 Å². The van der Waals surface area contributed by atoms with Gasteiger partial charge in [-0.3, -0.25) is 9.59 Å². The predicted molar refractivity (Wildman–Crippen MR) is 120 cm³/mol. The molecule has 8 heteroatoms. The molecule has 1 N–H and O–H groups in total. The highest BCUT2D eigenvalue weighted by Gasteiger charge is 2.27. The van der Waals surface area contributed by atoms with Crippen LogP contribution in [-0.4, -0.2) is 29.3 Å². The van der Waals surface area contributed by atoms with Crippen LogP contribution in [0.25, 0.3) is 0 Å². The lowest BCUT2D eigenvalue weighted by molar-refractivity contribution is -0.140. The molecule has 0 heterocycles. The van der Waals surface area contributed by atoms with Gasteiger partial charge in [0.1, 0.15) is 6.04 Å². The van der Waals surface area contributed by atoms with Gasteiger partial charge in [-0.2, -0.15) is 0 Å².